The van der Waals surface area contributed by atoms with Crippen molar-refractivity contribution in [3.8, 4) is 17.2 Å². The van der Waals surface area contributed by atoms with Crippen LogP contribution in [0.4, 0.5) is 0 Å². The van der Waals surface area contributed by atoms with Crippen molar-refractivity contribution in [3.63, 3.8) is 0 Å². The van der Waals surface area contributed by atoms with Crippen LogP contribution in [-0.4, -0.2) is 42.8 Å². The van der Waals surface area contributed by atoms with Crippen LogP contribution in [0.5, 0.6) is 17.2 Å². The minimum atomic E-state index is -0.149. The highest BCUT2D eigenvalue weighted by atomic mass is 35.5. The minimum Gasteiger partial charge on any atom is -0.494 e. The van der Waals surface area contributed by atoms with Crippen molar-refractivity contribution in [2.45, 2.75) is 39.7 Å². The second-order valence-electron chi connectivity index (χ2n) is 9.17. The molecule has 0 bridgehead atoms. The summed E-state index contributed by atoms with van der Waals surface area (Å²) in [5, 5.41) is 3.78. The number of fused-ring (bicyclic) bond motifs is 1. The van der Waals surface area contributed by atoms with E-state index in [2.05, 4.69) is 16.0 Å². The van der Waals surface area contributed by atoms with E-state index in [-0.39, 0.29) is 5.91 Å². The highest BCUT2D eigenvalue weighted by Gasteiger charge is 2.13. The topological polar surface area (TPSA) is 74.6 Å². The maximum atomic E-state index is 12.6. The molecule has 0 radical (unpaired) electrons. The van der Waals surface area contributed by atoms with Gasteiger partial charge < -0.3 is 24.1 Å². The van der Waals surface area contributed by atoms with Crippen LogP contribution in [0, 0.1) is 13.8 Å². The van der Waals surface area contributed by atoms with Crippen LogP contribution in [0.25, 0.3) is 11.0 Å². The van der Waals surface area contributed by atoms with Crippen LogP contribution in [0.3, 0.4) is 0 Å². The largest absolute Gasteiger partial charge is 0.494 e. The van der Waals surface area contributed by atoms with Gasteiger partial charge in [-0.3, -0.25) is 4.79 Å². The van der Waals surface area contributed by atoms with Crippen LogP contribution in [-0.2, 0) is 13.0 Å². The number of hydrogen-bond acceptors (Lipinski definition) is 5. The molecule has 1 amide bonds. The first-order valence-corrected chi connectivity index (χ1v) is 13.1. The number of aromatic nitrogens is 2. The molecule has 38 heavy (non-hydrogen) atoms. The normalized spacial score (nSPS) is 11.0. The Hall–Kier alpha value is -3.71. The highest BCUT2D eigenvalue weighted by molar-refractivity contribution is 6.32. The molecule has 0 aliphatic heterocycles. The zero-order valence-electron chi connectivity index (χ0n) is 22.3. The van der Waals surface area contributed by atoms with Gasteiger partial charge in [0.2, 0.25) is 0 Å². The summed E-state index contributed by atoms with van der Waals surface area (Å²) in [6.45, 7) is 5.90. The van der Waals surface area contributed by atoms with Crippen LogP contribution >= 0.6 is 11.6 Å². The Kier molecular flexibility index (Phi) is 9.13. The van der Waals surface area contributed by atoms with Crippen molar-refractivity contribution in [2.24, 2.45) is 0 Å². The summed E-state index contributed by atoms with van der Waals surface area (Å²) in [5.74, 6) is 2.81. The van der Waals surface area contributed by atoms with E-state index >= 15 is 0 Å². The Morgan fingerprint density at radius 2 is 1.71 bits per heavy atom. The summed E-state index contributed by atoms with van der Waals surface area (Å²) in [6.07, 6.45) is 2.35. The van der Waals surface area contributed by atoms with Gasteiger partial charge in [-0.05, 0) is 80.3 Å². The molecule has 0 aliphatic carbocycles. The lowest BCUT2D eigenvalue weighted by Gasteiger charge is -2.12. The number of para-hydroxylation sites is 2. The standard InChI is InChI=1S/C30H34ClN3O4/c1-20-17-23(18-21(2)29(20)31)38-16-8-15-34-25-10-6-5-9-24(25)33-28(34)11-7-14-32-30(35)22-12-13-26(36-3)27(19-22)37-4/h5-6,9-10,12-13,17-19H,7-8,11,14-16H2,1-4H3,(H,32,35). The Balaban J connectivity index is 1.33. The first-order chi connectivity index (χ1) is 18.4. The number of carbonyl (C=O) groups excluding carboxylic acids is 1. The van der Waals surface area contributed by atoms with E-state index in [4.69, 9.17) is 30.8 Å². The van der Waals surface area contributed by atoms with Gasteiger partial charge in [0.05, 0.1) is 31.9 Å². The first kappa shape index (κ1) is 27.3. The molecule has 0 atom stereocenters. The number of benzene rings is 3. The van der Waals surface area contributed by atoms with Crippen molar-refractivity contribution in [1.29, 1.82) is 0 Å². The van der Waals surface area contributed by atoms with Crippen molar-refractivity contribution in [3.05, 3.63) is 82.1 Å². The van der Waals surface area contributed by atoms with Gasteiger partial charge in [-0.25, -0.2) is 4.98 Å². The summed E-state index contributed by atoms with van der Waals surface area (Å²) in [6, 6.07) is 17.3. The van der Waals surface area contributed by atoms with Crippen molar-refractivity contribution in [1.82, 2.24) is 14.9 Å². The van der Waals surface area contributed by atoms with Gasteiger partial charge in [0, 0.05) is 30.1 Å². The molecular formula is C30H34ClN3O4. The molecule has 3 aromatic carbocycles. The number of methoxy groups -OCH3 is 2. The molecule has 7 nitrogen and oxygen atoms in total. The molecule has 0 saturated heterocycles. The van der Waals surface area contributed by atoms with Gasteiger partial charge >= 0.3 is 0 Å². The number of amides is 1. The zero-order chi connectivity index (χ0) is 27.1. The lowest BCUT2D eigenvalue weighted by molar-refractivity contribution is 0.0952. The predicted molar refractivity (Wildman–Crippen MR) is 151 cm³/mol. The second kappa shape index (κ2) is 12.7. The molecule has 0 spiro atoms. The lowest BCUT2D eigenvalue weighted by Crippen LogP contribution is -2.25. The van der Waals surface area contributed by atoms with Crippen LogP contribution < -0.4 is 19.5 Å². The van der Waals surface area contributed by atoms with Gasteiger partial charge in [0.1, 0.15) is 11.6 Å². The van der Waals surface area contributed by atoms with Gasteiger partial charge in [-0.1, -0.05) is 23.7 Å². The molecule has 1 aromatic heterocycles. The van der Waals surface area contributed by atoms with Gasteiger partial charge in [0.15, 0.2) is 11.5 Å². The molecule has 0 saturated carbocycles. The number of aryl methyl sites for hydroxylation is 4. The van der Waals surface area contributed by atoms with Crippen LogP contribution in [0.2, 0.25) is 5.02 Å². The number of rotatable bonds is 12. The molecule has 200 valence electrons. The number of carbonyl (C=O) groups is 1. The van der Waals surface area contributed by atoms with E-state index in [9.17, 15) is 4.79 Å². The minimum absolute atomic E-state index is 0.149. The Bertz CT molecular complexity index is 1390. The molecule has 1 N–H and O–H groups in total. The summed E-state index contributed by atoms with van der Waals surface area (Å²) < 4.78 is 18.8. The number of hydrogen-bond donors (Lipinski definition) is 1. The number of halogens is 1. The molecule has 0 unspecified atom stereocenters. The molecule has 8 heteroatoms. The Labute approximate surface area is 228 Å². The number of nitrogens with zero attached hydrogens (tertiary/aromatic N) is 2. The molecule has 4 aromatic rings. The van der Waals surface area contributed by atoms with E-state index in [1.54, 1.807) is 32.4 Å². The molecular weight excluding hydrogens is 502 g/mol. The van der Waals surface area contributed by atoms with Gasteiger partial charge in [-0.2, -0.15) is 0 Å². The summed E-state index contributed by atoms with van der Waals surface area (Å²) in [7, 11) is 3.12. The molecule has 0 fully saturated rings. The number of ether oxygens (including phenoxy) is 3. The predicted octanol–water partition coefficient (Wildman–Crippen LogP) is 6.16. The first-order valence-electron chi connectivity index (χ1n) is 12.7. The fourth-order valence-corrected chi connectivity index (χ4v) is 4.60. The third kappa shape index (κ3) is 6.40. The SMILES string of the molecule is COc1ccc(C(=O)NCCCc2nc3ccccc3n2CCCOc2cc(C)c(Cl)c(C)c2)cc1OC. The third-order valence-electron chi connectivity index (χ3n) is 6.45. The smallest absolute Gasteiger partial charge is 0.251 e. The zero-order valence-corrected chi connectivity index (χ0v) is 23.1. The van der Waals surface area contributed by atoms with E-state index in [1.165, 1.54) is 0 Å². The average Bonchev–Trinajstić information content (AvgIpc) is 3.28. The summed E-state index contributed by atoms with van der Waals surface area (Å²) in [5.41, 5.74) is 4.64. The van der Waals surface area contributed by atoms with E-state index in [1.807, 2.05) is 44.2 Å². The average molecular weight is 536 g/mol. The molecule has 1 heterocycles. The monoisotopic (exact) mass is 535 g/mol. The van der Waals surface area contributed by atoms with Crippen LogP contribution in [0.15, 0.2) is 54.6 Å². The van der Waals surface area contributed by atoms with Crippen LogP contribution in [0.1, 0.15) is 40.2 Å². The number of imidazole rings is 1. The summed E-state index contributed by atoms with van der Waals surface area (Å²) in [4.78, 5) is 17.5. The van der Waals surface area contributed by atoms with E-state index in [0.29, 0.717) is 30.2 Å². The number of nitrogens with one attached hydrogen (secondary N) is 1. The maximum Gasteiger partial charge on any atom is 0.251 e. The Morgan fingerprint density at radius 1 is 0.974 bits per heavy atom. The van der Waals surface area contributed by atoms with Crippen molar-refractivity contribution >= 4 is 28.5 Å². The van der Waals surface area contributed by atoms with Crippen molar-refractivity contribution in [2.75, 3.05) is 27.4 Å². The lowest BCUT2D eigenvalue weighted by atomic mass is 10.1. The maximum absolute atomic E-state index is 12.6. The summed E-state index contributed by atoms with van der Waals surface area (Å²) >= 11 is 6.28. The van der Waals surface area contributed by atoms with Crippen molar-refractivity contribution < 1.29 is 19.0 Å². The third-order valence-corrected chi connectivity index (χ3v) is 7.04. The van der Waals surface area contributed by atoms with E-state index in [0.717, 1.165) is 64.6 Å². The fourth-order valence-electron chi connectivity index (χ4n) is 4.50. The second-order valence-corrected chi connectivity index (χ2v) is 9.55. The van der Waals surface area contributed by atoms with E-state index < -0.39 is 0 Å². The molecule has 0 aliphatic rings. The van der Waals surface area contributed by atoms with Gasteiger partial charge in [-0.15, -0.1) is 0 Å². The molecule has 4 rings (SSSR count). The Morgan fingerprint density at radius 3 is 2.45 bits per heavy atom. The van der Waals surface area contributed by atoms with Gasteiger partial charge in [0.25, 0.3) is 5.91 Å². The highest BCUT2D eigenvalue weighted by Crippen LogP contribution is 2.28. The quantitative estimate of drug-likeness (QED) is 0.220. The fraction of sp³-hybridized carbons (Fsp3) is 0.333.